The summed E-state index contributed by atoms with van der Waals surface area (Å²) in [7, 11) is 0. The van der Waals surface area contributed by atoms with Crippen LogP contribution >= 0.6 is 0 Å². The Bertz CT molecular complexity index is 841. The molecule has 1 aromatic heterocycles. The Labute approximate surface area is 142 Å². The number of benzene rings is 2. The van der Waals surface area contributed by atoms with Crippen molar-refractivity contribution in [2.24, 2.45) is 0 Å². The summed E-state index contributed by atoms with van der Waals surface area (Å²) in [6.07, 6.45) is 3.41. The first-order chi connectivity index (χ1) is 11.5. The summed E-state index contributed by atoms with van der Waals surface area (Å²) < 4.78 is 0. The van der Waals surface area contributed by atoms with Crippen LogP contribution in [0, 0.1) is 13.8 Å². The van der Waals surface area contributed by atoms with E-state index in [1.165, 1.54) is 16.7 Å². The molecule has 0 fully saturated rings. The quantitative estimate of drug-likeness (QED) is 0.694. The number of nitrogens with zero attached hydrogens (tertiary/aromatic N) is 2. The minimum absolute atomic E-state index is 0.134. The van der Waals surface area contributed by atoms with Crippen LogP contribution in [-0.4, -0.2) is 9.97 Å². The summed E-state index contributed by atoms with van der Waals surface area (Å²) in [5.41, 5.74) is 12.1. The first-order valence-electron chi connectivity index (χ1n) is 8.05. The Morgan fingerprint density at radius 2 is 1.67 bits per heavy atom. The molecule has 0 aliphatic carbocycles. The van der Waals surface area contributed by atoms with E-state index in [0.717, 1.165) is 22.8 Å². The van der Waals surface area contributed by atoms with Gasteiger partial charge in [-0.05, 0) is 44.0 Å². The maximum atomic E-state index is 5.78. The summed E-state index contributed by atoms with van der Waals surface area (Å²) in [4.78, 5) is 8.98. The molecule has 4 heteroatoms. The van der Waals surface area contributed by atoms with Crippen molar-refractivity contribution in [3.8, 4) is 11.3 Å². The lowest BCUT2D eigenvalue weighted by molar-refractivity contribution is 0.862. The third-order valence-corrected chi connectivity index (χ3v) is 4.13. The van der Waals surface area contributed by atoms with Crippen LogP contribution in [0.3, 0.4) is 0 Å². The molecule has 3 N–H and O–H groups in total. The number of hydrogen-bond donors (Lipinski definition) is 2. The molecule has 2 aromatic carbocycles. The summed E-state index contributed by atoms with van der Waals surface area (Å²) in [5.74, 6) is 0.773. The Morgan fingerprint density at radius 1 is 0.958 bits per heavy atom. The van der Waals surface area contributed by atoms with Crippen LogP contribution in [-0.2, 0) is 0 Å². The number of aromatic nitrogens is 2. The lowest BCUT2D eigenvalue weighted by Crippen LogP contribution is -2.11. The Hall–Kier alpha value is -2.88. The SMILES string of the molecule is Cc1ccc([C@H](C)Nc2nccnc2-c2ccc(N)cc2)c(C)c1. The molecule has 3 aromatic rings. The number of anilines is 2. The van der Waals surface area contributed by atoms with Crippen LogP contribution in [0.5, 0.6) is 0 Å². The molecule has 0 spiro atoms. The average Bonchev–Trinajstić information content (AvgIpc) is 2.56. The molecular formula is C20H22N4. The second-order valence-corrected chi connectivity index (χ2v) is 6.10. The van der Waals surface area contributed by atoms with Crippen LogP contribution < -0.4 is 11.1 Å². The fourth-order valence-electron chi connectivity index (χ4n) is 2.89. The standard InChI is InChI=1S/C20H22N4/c1-13-4-9-18(14(2)12-13)15(3)24-20-19(22-10-11-23-20)16-5-7-17(21)8-6-16/h4-12,15H,21H2,1-3H3,(H,23,24)/t15-/m0/s1. The third kappa shape index (κ3) is 3.38. The van der Waals surface area contributed by atoms with Crippen LogP contribution in [0.1, 0.15) is 29.7 Å². The van der Waals surface area contributed by atoms with Gasteiger partial charge in [-0.25, -0.2) is 4.98 Å². The molecule has 0 saturated heterocycles. The zero-order valence-electron chi connectivity index (χ0n) is 14.2. The van der Waals surface area contributed by atoms with E-state index in [0.29, 0.717) is 0 Å². The largest absolute Gasteiger partial charge is 0.399 e. The van der Waals surface area contributed by atoms with Crippen molar-refractivity contribution < 1.29 is 0 Å². The maximum absolute atomic E-state index is 5.78. The number of nitrogens with one attached hydrogen (secondary N) is 1. The van der Waals surface area contributed by atoms with Crippen molar-refractivity contribution in [2.45, 2.75) is 26.8 Å². The first-order valence-corrected chi connectivity index (χ1v) is 8.05. The molecule has 0 amide bonds. The zero-order valence-corrected chi connectivity index (χ0v) is 14.2. The van der Waals surface area contributed by atoms with Crippen LogP contribution in [0.2, 0.25) is 0 Å². The Balaban J connectivity index is 1.91. The molecule has 24 heavy (non-hydrogen) atoms. The van der Waals surface area contributed by atoms with E-state index >= 15 is 0 Å². The molecule has 3 rings (SSSR count). The predicted molar refractivity (Wildman–Crippen MR) is 99.8 cm³/mol. The van der Waals surface area contributed by atoms with Gasteiger partial charge < -0.3 is 11.1 Å². The van der Waals surface area contributed by atoms with E-state index in [9.17, 15) is 0 Å². The predicted octanol–water partition coefficient (Wildman–Crippen LogP) is 4.52. The summed E-state index contributed by atoms with van der Waals surface area (Å²) in [6.45, 7) is 6.38. The summed E-state index contributed by atoms with van der Waals surface area (Å²) in [6, 6.07) is 14.3. The van der Waals surface area contributed by atoms with Crippen molar-refractivity contribution in [1.29, 1.82) is 0 Å². The number of aryl methyl sites for hydroxylation is 2. The van der Waals surface area contributed by atoms with Crippen molar-refractivity contribution in [3.05, 3.63) is 71.5 Å². The minimum Gasteiger partial charge on any atom is -0.399 e. The normalized spacial score (nSPS) is 12.0. The molecule has 0 radical (unpaired) electrons. The number of rotatable bonds is 4. The highest BCUT2D eigenvalue weighted by Gasteiger charge is 2.13. The van der Waals surface area contributed by atoms with Gasteiger partial charge in [-0.3, -0.25) is 4.98 Å². The van der Waals surface area contributed by atoms with Gasteiger partial charge in [-0.2, -0.15) is 0 Å². The molecule has 0 saturated carbocycles. The van der Waals surface area contributed by atoms with Gasteiger partial charge in [0.2, 0.25) is 0 Å². The van der Waals surface area contributed by atoms with E-state index in [4.69, 9.17) is 5.73 Å². The van der Waals surface area contributed by atoms with E-state index in [1.54, 1.807) is 12.4 Å². The molecule has 0 aliphatic rings. The van der Waals surface area contributed by atoms with Gasteiger partial charge in [0, 0.05) is 23.6 Å². The molecule has 0 bridgehead atoms. The zero-order chi connectivity index (χ0) is 17.1. The molecule has 4 nitrogen and oxygen atoms in total. The second kappa shape index (κ2) is 6.71. The number of nitrogens with two attached hydrogens (primary N) is 1. The third-order valence-electron chi connectivity index (χ3n) is 4.13. The monoisotopic (exact) mass is 318 g/mol. The Morgan fingerprint density at radius 3 is 2.38 bits per heavy atom. The summed E-state index contributed by atoms with van der Waals surface area (Å²) >= 11 is 0. The van der Waals surface area contributed by atoms with Crippen molar-refractivity contribution >= 4 is 11.5 Å². The van der Waals surface area contributed by atoms with Crippen molar-refractivity contribution in [1.82, 2.24) is 9.97 Å². The van der Waals surface area contributed by atoms with Gasteiger partial charge >= 0.3 is 0 Å². The average molecular weight is 318 g/mol. The lowest BCUT2D eigenvalue weighted by Gasteiger charge is -2.19. The number of nitrogen functional groups attached to an aromatic ring is 1. The molecule has 0 unspecified atom stereocenters. The van der Waals surface area contributed by atoms with Crippen molar-refractivity contribution in [3.63, 3.8) is 0 Å². The van der Waals surface area contributed by atoms with Gasteiger partial charge in [0.15, 0.2) is 5.82 Å². The molecule has 1 heterocycles. The lowest BCUT2D eigenvalue weighted by atomic mass is 10.00. The van der Waals surface area contributed by atoms with Gasteiger partial charge in [-0.15, -0.1) is 0 Å². The topological polar surface area (TPSA) is 63.8 Å². The van der Waals surface area contributed by atoms with E-state index in [-0.39, 0.29) is 6.04 Å². The fraction of sp³-hybridized carbons (Fsp3) is 0.200. The van der Waals surface area contributed by atoms with Crippen LogP contribution in [0.15, 0.2) is 54.9 Å². The van der Waals surface area contributed by atoms with Gasteiger partial charge in [0.25, 0.3) is 0 Å². The minimum atomic E-state index is 0.134. The highest BCUT2D eigenvalue weighted by Crippen LogP contribution is 2.28. The highest BCUT2D eigenvalue weighted by molar-refractivity contribution is 5.72. The van der Waals surface area contributed by atoms with Crippen LogP contribution in [0.25, 0.3) is 11.3 Å². The second-order valence-electron chi connectivity index (χ2n) is 6.10. The number of hydrogen-bond acceptors (Lipinski definition) is 4. The van der Waals surface area contributed by atoms with Gasteiger partial charge in [0.1, 0.15) is 5.69 Å². The van der Waals surface area contributed by atoms with Gasteiger partial charge in [0.05, 0.1) is 6.04 Å². The molecule has 0 aliphatic heterocycles. The highest BCUT2D eigenvalue weighted by atomic mass is 15.0. The van der Waals surface area contributed by atoms with Crippen LogP contribution in [0.4, 0.5) is 11.5 Å². The fourth-order valence-corrected chi connectivity index (χ4v) is 2.89. The maximum Gasteiger partial charge on any atom is 0.153 e. The summed E-state index contributed by atoms with van der Waals surface area (Å²) in [5, 5.41) is 3.50. The Kier molecular flexibility index (Phi) is 4.47. The molecular weight excluding hydrogens is 296 g/mol. The van der Waals surface area contributed by atoms with E-state index in [1.807, 2.05) is 24.3 Å². The molecule has 1 atom stereocenters. The smallest absolute Gasteiger partial charge is 0.153 e. The van der Waals surface area contributed by atoms with E-state index in [2.05, 4.69) is 54.3 Å². The van der Waals surface area contributed by atoms with Crippen molar-refractivity contribution in [2.75, 3.05) is 11.1 Å². The molecule has 122 valence electrons. The van der Waals surface area contributed by atoms with E-state index < -0.39 is 0 Å². The first kappa shape index (κ1) is 16.0. The van der Waals surface area contributed by atoms with Gasteiger partial charge in [-0.1, -0.05) is 35.9 Å².